The van der Waals surface area contributed by atoms with Crippen molar-refractivity contribution in [1.29, 1.82) is 0 Å². The number of benzene rings is 1. The van der Waals surface area contributed by atoms with Crippen molar-refractivity contribution >= 4 is 5.91 Å². The molecule has 7 nitrogen and oxygen atoms in total. The summed E-state index contributed by atoms with van der Waals surface area (Å²) in [5.74, 6) is 0.717. The lowest BCUT2D eigenvalue weighted by Gasteiger charge is -2.28. The predicted octanol–water partition coefficient (Wildman–Crippen LogP) is 2.86. The van der Waals surface area contributed by atoms with Crippen LogP contribution in [-0.4, -0.2) is 37.3 Å². The molecule has 0 atom stereocenters. The van der Waals surface area contributed by atoms with Crippen LogP contribution in [0.15, 0.2) is 48.8 Å². The van der Waals surface area contributed by atoms with Crippen LogP contribution in [0.1, 0.15) is 40.7 Å². The molecule has 0 bridgehead atoms. The Kier molecular flexibility index (Phi) is 5.32. The maximum atomic E-state index is 12.9. The SMILES string of the molecule is CCCc1ccc(C(=O)N2CCn3nnc(COc4cccnc4)c3C2)cc1. The normalized spacial score (nSPS) is 13.2. The molecule has 144 valence electrons. The van der Waals surface area contributed by atoms with Gasteiger partial charge >= 0.3 is 0 Å². The first-order chi connectivity index (χ1) is 13.7. The zero-order valence-corrected chi connectivity index (χ0v) is 15.9. The van der Waals surface area contributed by atoms with Crippen molar-refractivity contribution in [3.63, 3.8) is 0 Å². The van der Waals surface area contributed by atoms with Crippen LogP contribution < -0.4 is 4.74 Å². The number of carbonyl (C=O) groups excluding carboxylic acids is 1. The van der Waals surface area contributed by atoms with Gasteiger partial charge in [-0.15, -0.1) is 5.10 Å². The molecule has 0 unspecified atom stereocenters. The number of rotatable bonds is 6. The summed E-state index contributed by atoms with van der Waals surface area (Å²) >= 11 is 0. The summed E-state index contributed by atoms with van der Waals surface area (Å²) in [6.07, 6.45) is 5.49. The van der Waals surface area contributed by atoms with Gasteiger partial charge in [-0.25, -0.2) is 4.68 Å². The Bertz CT molecular complexity index is 937. The van der Waals surface area contributed by atoms with Gasteiger partial charge in [-0.05, 0) is 36.2 Å². The zero-order valence-electron chi connectivity index (χ0n) is 15.9. The van der Waals surface area contributed by atoms with E-state index in [-0.39, 0.29) is 5.91 Å². The lowest BCUT2D eigenvalue weighted by atomic mass is 10.1. The average Bonchev–Trinajstić information content (AvgIpc) is 3.15. The lowest BCUT2D eigenvalue weighted by molar-refractivity contribution is 0.0704. The van der Waals surface area contributed by atoms with E-state index >= 15 is 0 Å². The van der Waals surface area contributed by atoms with E-state index < -0.39 is 0 Å². The van der Waals surface area contributed by atoms with Gasteiger partial charge in [0, 0.05) is 18.3 Å². The number of carbonyl (C=O) groups is 1. The van der Waals surface area contributed by atoms with Crippen LogP contribution in [0.4, 0.5) is 0 Å². The minimum atomic E-state index is 0.0367. The predicted molar refractivity (Wildman–Crippen MR) is 104 cm³/mol. The fraction of sp³-hybridized carbons (Fsp3) is 0.333. The number of aromatic nitrogens is 4. The Labute approximate surface area is 164 Å². The number of fused-ring (bicyclic) bond motifs is 1. The van der Waals surface area contributed by atoms with Crippen LogP contribution in [0.5, 0.6) is 5.75 Å². The van der Waals surface area contributed by atoms with Crippen molar-refractivity contribution in [1.82, 2.24) is 24.9 Å². The molecule has 0 N–H and O–H groups in total. The molecule has 1 aromatic carbocycles. The largest absolute Gasteiger partial charge is 0.486 e. The zero-order chi connectivity index (χ0) is 19.3. The Hall–Kier alpha value is -3.22. The smallest absolute Gasteiger partial charge is 0.254 e. The highest BCUT2D eigenvalue weighted by Crippen LogP contribution is 2.19. The number of amides is 1. The molecule has 0 spiro atoms. The molecule has 0 aliphatic carbocycles. The van der Waals surface area contributed by atoms with Crippen LogP contribution in [0, 0.1) is 0 Å². The number of ether oxygens (including phenoxy) is 1. The molecule has 4 rings (SSSR count). The fourth-order valence-corrected chi connectivity index (χ4v) is 3.35. The third kappa shape index (κ3) is 3.88. The van der Waals surface area contributed by atoms with E-state index in [0.717, 1.165) is 24.2 Å². The van der Waals surface area contributed by atoms with Crippen LogP contribution in [-0.2, 0) is 26.1 Å². The standard InChI is InChI=1S/C21H23N5O2/c1-2-4-16-6-8-17(9-7-16)21(27)25-11-12-26-20(14-25)19(23-24-26)15-28-18-5-3-10-22-13-18/h3,5-10,13H,2,4,11-12,14-15H2,1H3. The third-order valence-electron chi connectivity index (χ3n) is 4.88. The maximum Gasteiger partial charge on any atom is 0.254 e. The van der Waals surface area contributed by atoms with Crippen molar-refractivity contribution in [3.05, 3.63) is 71.3 Å². The topological polar surface area (TPSA) is 73.1 Å². The van der Waals surface area contributed by atoms with E-state index in [1.807, 2.05) is 46.0 Å². The molecule has 7 heteroatoms. The quantitative estimate of drug-likeness (QED) is 0.660. The second kappa shape index (κ2) is 8.21. The van der Waals surface area contributed by atoms with Crippen LogP contribution in [0.2, 0.25) is 0 Å². The first-order valence-electron chi connectivity index (χ1n) is 9.57. The molecule has 0 fully saturated rings. The number of pyridine rings is 1. The molecule has 1 aliphatic heterocycles. The number of hydrogen-bond donors (Lipinski definition) is 0. The molecule has 1 amide bonds. The van der Waals surface area contributed by atoms with Gasteiger partial charge in [0.15, 0.2) is 0 Å². The van der Waals surface area contributed by atoms with E-state index in [1.54, 1.807) is 12.4 Å². The lowest BCUT2D eigenvalue weighted by Crippen LogP contribution is -2.38. The molecule has 3 heterocycles. The van der Waals surface area contributed by atoms with E-state index in [1.165, 1.54) is 5.56 Å². The van der Waals surface area contributed by atoms with Crippen molar-refractivity contribution in [3.8, 4) is 5.75 Å². The Morgan fingerprint density at radius 3 is 2.79 bits per heavy atom. The van der Waals surface area contributed by atoms with Gasteiger partial charge in [0.2, 0.25) is 0 Å². The van der Waals surface area contributed by atoms with E-state index in [0.29, 0.717) is 37.6 Å². The highest BCUT2D eigenvalue weighted by atomic mass is 16.5. The van der Waals surface area contributed by atoms with Crippen molar-refractivity contribution < 1.29 is 9.53 Å². The third-order valence-corrected chi connectivity index (χ3v) is 4.88. The van der Waals surface area contributed by atoms with Crippen molar-refractivity contribution in [2.24, 2.45) is 0 Å². The number of hydrogen-bond acceptors (Lipinski definition) is 5. The molecule has 0 radical (unpaired) electrons. The summed E-state index contributed by atoms with van der Waals surface area (Å²) in [6.45, 7) is 4.19. The maximum absolute atomic E-state index is 12.9. The first-order valence-corrected chi connectivity index (χ1v) is 9.57. The minimum absolute atomic E-state index is 0.0367. The second-order valence-corrected chi connectivity index (χ2v) is 6.86. The van der Waals surface area contributed by atoms with Crippen molar-refractivity contribution in [2.75, 3.05) is 6.54 Å². The Morgan fingerprint density at radius 1 is 1.18 bits per heavy atom. The van der Waals surface area contributed by atoms with Crippen LogP contribution in [0.25, 0.3) is 0 Å². The molecular weight excluding hydrogens is 354 g/mol. The first kappa shape index (κ1) is 18.2. The van der Waals surface area contributed by atoms with Gasteiger partial charge in [-0.1, -0.05) is 30.7 Å². The fourth-order valence-electron chi connectivity index (χ4n) is 3.35. The van der Waals surface area contributed by atoms with Gasteiger partial charge in [0.1, 0.15) is 18.1 Å². The van der Waals surface area contributed by atoms with Gasteiger partial charge < -0.3 is 9.64 Å². The van der Waals surface area contributed by atoms with E-state index in [2.05, 4.69) is 22.2 Å². The number of nitrogens with zero attached hydrogens (tertiary/aromatic N) is 5. The van der Waals surface area contributed by atoms with Gasteiger partial charge in [0.05, 0.1) is 25.0 Å². The molecule has 3 aromatic rings. The van der Waals surface area contributed by atoms with Gasteiger partial charge in [0.25, 0.3) is 5.91 Å². The molecule has 28 heavy (non-hydrogen) atoms. The van der Waals surface area contributed by atoms with Crippen LogP contribution in [0.3, 0.4) is 0 Å². The highest BCUT2D eigenvalue weighted by molar-refractivity contribution is 5.94. The molecule has 0 saturated carbocycles. The van der Waals surface area contributed by atoms with Gasteiger partial charge in [-0.2, -0.15) is 0 Å². The highest BCUT2D eigenvalue weighted by Gasteiger charge is 2.26. The van der Waals surface area contributed by atoms with E-state index in [4.69, 9.17) is 4.74 Å². The molecular formula is C21H23N5O2. The molecule has 2 aromatic heterocycles. The monoisotopic (exact) mass is 377 g/mol. The number of aryl methyl sites for hydroxylation is 1. The average molecular weight is 377 g/mol. The van der Waals surface area contributed by atoms with Crippen molar-refractivity contribution in [2.45, 2.75) is 39.5 Å². The summed E-state index contributed by atoms with van der Waals surface area (Å²) in [5.41, 5.74) is 3.65. The Balaban J connectivity index is 1.45. The Morgan fingerprint density at radius 2 is 2.04 bits per heavy atom. The summed E-state index contributed by atoms with van der Waals surface area (Å²) in [7, 11) is 0. The molecule has 0 saturated heterocycles. The summed E-state index contributed by atoms with van der Waals surface area (Å²) in [6, 6.07) is 11.6. The summed E-state index contributed by atoms with van der Waals surface area (Å²) in [4.78, 5) is 18.8. The summed E-state index contributed by atoms with van der Waals surface area (Å²) < 4.78 is 7.61. The summed E-state index contributed by atoms with van der Waals surface area (Å²) in [5, 5.41) is 8.44. The second-order valence-electron chi connectivity index (χ2n) is 6.86. The van der Waals surface area contributed by atoms with E-state index in [9.17, 15) is 4.79 Å². The minimum Gasteiger partial charge on any atom is -0.486 e. The molecule has 1 aliphatic rings. The van der Waals surface area contributed by atoms with Gasteiger partial charge in [-0.3, -0.25) is 9.78 Å². The van der Waals surface area contributed by atoms with Crippen LogP contribution >= 0.6 is 0 Å².